The number of hydrogen-bond donors (Lipinski definition) is 2. The quantitative estimate of drug-likeness (QED) is 0.628. The summed E-state index contributed by atoms with van der Waals surface area (Å²) in [4.78, 5) is 11.8. The van der Waals surface area contributed by atoms with Crippen LogP contribution in [0.5, 0.6) is 17.2 Å². The largest absolute Gasteiger partial charge is 0.508 e. The molecule has 0 fully saturated rings. The molecule has 126 valence electrons. The van der Waals surface area contributed by atoms with Crippen molar-refractivity contribution < 1.29 is 28.2 Å². The number of phenolic OH excluding ortho intramolecular Hbond substituents is 1. The minimum atomic E-state index is -2.99. The Morgan fingerprint density at radius 2 is 2.04 bits per heavy atom. The van der Waals surface area contributed by atoms with Crippen LogP contribution in [0.3, 0.4) is 0 Å². The summed E-state index contributed by atoms with van der Waals surface area (Å²) in [6.45, 7) is -2.99. The van der Waals surface area contributed by atoms with Crippen LogP contribution in [-0.2, 0) is 0 Å². The molecule has 24 heavy (non-hydrogen) atoms. The van der Waals surface area contributed by atoms with E-state index in [1.807, 2.05) is 0 Å². The molecule has 0 radical (unpaired) electrons. The highest BCUT2D eigenvalue weighted by atomic mass is 19.3. The Morgan fingerprint density at radius 3 is 2.71 bits per heavy atom. The van der Waals surface area contributed by atoms with Gasteiger partial charge in [0.15, 0.2) is 11.5 Å². The molecule has 0 bridgehead atoms. The zero-order chi connectivity index (χ0) is 17.5. The fourth-order valence-corrected chi connectivity index (χ4v) is 1.84. The third-order valence-electron chi connectivity index (χ3n) is 2.89. The van der Waals surface area contributed by atoms with Gasteiger partial charge in [-0.15, -0.1) is 0 Å². The Balaban J connectivity index is 2.07. The number of halogens is 2. The number of benzene rings is 2. The molecule has 2 rings (SSSR count). The maximum absolute atomic E-state index is 12.4. The summed E-state index contributed by atoms with van der Waals surface area (Å²) in [6.07, 6.45) is 1.26. The number of rotatable bonds is 6. The lowest BCUT2D eigenvalue weighted by Crippen LogP contribution is -2.17. The average Bonchev–Trinajstić information content (AvgIpc) is 2.54. The minimum absolute atomic E-state index is 0.0458. The van der Waals surface area contributed by atoms with Gasteiger partial charge < -0.3 is 14.6 Å². The second kappa shape index (κ2) is 7.91. The molecule has 2 N–H and O–H groups in total. The number of hydrazone groups is 1. The maximum Gasteiger partial charge on any atom is 0.387 e. The number of carbonyl (C=O) groups excluding carboxylic acids is 1. The van der Waals surface area contributed by atoms with Gasteiger partial charge in [0, 0.05) is 5.56 Å². The first-order valence-electron chi connectivity index (χ1n) is 6.75. The first kappa shape index (κ1) is 17.2. The van der Waals surface area contributed by atoms with Crippen LogP contribution in [0.15, 0.2) is 47.6 Å². The van der Waals surface area contributed by atoms with E-state index in [0.29, 0.717) is 5.56 Å². The van der Waals surface area contributed by atoms with Gasteiger partial charge in [0.25, 0.3) is 5.91 Å². The fourth-order valence-electron chi connectivity index (χ4n) is 1.84. The van der Waals surface area contributed by atoms with Crippen LogP contribution in [0.1, 0.15) is 15.9 Å². The molecule has 0 aliphatic rings. The number of alkyl halides is 2. The molecule has 0 saturated heterocycles. The molecule has 0 aromatic heterocycles. The molecule has 6 nitrogen and oxygen atoms in total. The van der Waals surface area contributed by atoms with E-state index in [1.165, 1.54) is 49.7 Å². The number of nitrogens with zero attached hydrogens (tertiary/aromatic N) is 1. The molecule has 2 aromatic rings. The van der Waals surface area contributed by atoms with Crippen LogP contribution in [0.2, 0.25) is 0 Å². The molecule has 0 unspecified atom stereocenters. The number of phenols is 1. The summed E-state index contributed by atoms with van der Waals surface area (Å²) >= 11 is 0. The van der Waals surface area contributed by atoms with E-state index in [0.717, 1.165) is 0 Å². The van der Waals surface area contributed by atoms with Crippen LogP contribution in [0.25, 0.3) is 0 Å². The average molecular weight is 336 g/mol. The van der Waals surface area contributed by atoms with E-state index in [9.17, 15) is 18.7 Å². The first-order chi connectivity index (χ1) is 11.5. The van der Waals surface area contributed by atoms with Gasteiger partial charge in [0.2, 0.25) is 0 Å². The normalized spacial score (nSPS) is 10.8. The van der Waals surface area contributed by atoms with E-state index in [2.05, 4.69) is 15.3 Å². The highest BCUT2D eigenvalue weighted by Gasteiger charge is 2.11. The zero-order valence-electron chi connectivity index (χ0n) is 12.6. The monoisotopic (exact) mass is 336 g/mol. The lowest BCUT2D eigenvalue weighted by atomic mass is 10.2. The summed E-state index contributed by atoms with van der Waals surface area (Å²) in [6, 6.07) is 10.0. The van der Waals surface area contributed by atoms with E-state index in [4.69, 9.17) is 4.74 Å². The highest BCUT2D eigenvalue weighted by molar-refractivity contribution is 5.95. The zero-order valence-corrected chi connectivity index (χ0v) is 12.6. The number of ether oxygens (including phenoxy) is 2. The van der Waals surface area contributed by atoms with Crippen molar-refractivity contribution in [2.75, 3.05) is 7.11 Å². The number of amides is 1. The van der Waals surface area contributed by atoms with Gasteiger partial charge >= 0.3 is 6.61 Å². The van der Waals surface area contributed by atoms with Crippen molar-refractivity contribution in [1.82, 2.24) is 5.43 Å². The van der Waals surface area contributed by atoms with Gasteiger partial charge in [-0.2, -0.15) is 13.9 Å². The number of aromatic hydroxyl groups is 1. The fraction of sp³-hybridized carbons (Fsp3) is 0.125. The molecule has 0 aliphatic heterocycles. The standard InChI is InChI=1S/C16H14F2N2O4/c1-23-13-6-5-10(7-14(13)24-16(17)18)9-19-20-15(22)11-3-2-4-12(21)8-11/h2-9,16,21H,1H3,(H,20,22)/b19-9-. The predicted octanol–water partition coefficient (Wildman–Crippen LogP) is 2.77. The summed E-state index contributed by atoms with van der Waals surface area (Å²) in [5, 5.41) is 13.0. The second-order valence-electron chi connectivity index (χ2n) is 4.54. The van der Waals surface area contributed by atoms with Crippen molar-refractivity contribution in [1.29, 1.82) is 0 Å². The van der Waals surface area contributed by atoms with Crippen LogP contribution >= 0.6 is 0 Å². The van der Waals surface area contributed by atoms with Gasteiger partial charge in [-0.3, -0.25) is 4.79 Å². The molecule has 0 aliphatic carbocycles. The molecule has 1 amide bonds. The Kier molecular flexibility index (Phi) is 5.67. The minimum Gasteiger partial charge on any atom is -0.508 e. The Bertz CT molecular complexity index is 751. The maximum atomic E-state index is 12.4. The summed E-state index contributed by atoms with van der Waals surface area (Å²) in [7, 11) is 1.33. The molecule has 0 spiro atoms. The van der Waals surface area contributed by atoms with Gasteiger partial charge in [-0.25, -0.2) is 5.43 Å². The van der Waals surface area contributed by atoms with Crippen molar-refractivity contribution in [3.8, 4) is 17.2 Å². The molecular weight excluding hydrogens is 322 g/mol. The van der Waals surface area contributed by atoms with E-state index in [1.54, 1.807) is 6.07 Å². The second-order valence-corrected chi connectivity index (χ2v) is 4.54. The summed E-state index contributed by atoms with van der Waals surface area (Å²) in [5.74, 6) is -0.567. The van der Waals surface area contributed by atoms with Gasteiger partial charge in [-0.05, 0) is 42.0 Å². The Hall–Kier alpha value is -3.16. The number of carbonyl (C=O) groups is 1. The van der Waals surface area contributed by atoms with Gasteiger partial charge in [0.05, 0.1) is 13.3 Å². The van der Waals surface area contributed by atoms with Gasteiger partial charge in [-0.1, -0.05) is 6.07 Å². The number of hydrogen-bond acceptors (Lipinski definition) is 5. The molecule has 0 heterocycles. The van der Waals surface area contributed by atoms with Crippen molar-refractivity contribution in [2.45, 2.75) is 6.61 Å². The van der Waals surface area contributed by atoms with Crippen molar-refractivity contribution in [3.63, 3.8) is 0 Å². The van der Waals surface area contributed by atoms with Crippen molar-refractivity contribution >= 4 is 12.1 Å². The lowest BCUT2D eigenvalue weighted by molar-refractivity contribution is -0.0512. The van der Waals surface area contributed by atoms with Crippen LogP contribution in [0.4, 0.5) is 8.78 Å². The SMILES string of the molecule is COc1ccc(/C=N\NC(=O)c2cccc(O)c2)cc1OC(F)F. The van der Waals surface area contributed by atoms with Crippen LogP contribution in [-0.4, -0.2) is 30.9 Å². The van der Waals surface area contributed by atoms with Crippen molar-refractivity contribution in [3.05, 3.63) is 53.6 Å². The Labute approximate surface area is 136 Å². The van der Waals surface area contributed by atoms with Crippen LogP contribution in [0, 0.1) is 0 Å². The molecular formula is C16H14F2N2O4. The number of nitrogens with one attached hydrogen (secondary N) is 1. The van der Waals surface area contributed by atoms with E-state index < -0.39 is 12.5 Å². The predicted molar refractivity (Wildman–Crippen MR) is 82.8 cm³/mol. The lowest BCUT2D eigenvalue weighted by Gasteiger charge is -2.10. The summed E-state index contributed by atoms with van der Waals surface area (Å²) < 4.78 is 34.0. The first-order valence-corrected chi connectivity index (χ1v) is 6.75. The molecule has 0 saturated carbocycles. The summed E-state index contributed by atoms with van der Waals surface area (Å²) in [5.41, 5.74) is 2.91. The highest BCUT2D eigenvalue weighted by Crippen LogP contribution is 2.28. The molecule has 2 aromatic carbocycles. The third kappa shape index (κ3) is 4.67. The number of methoxy groups -OCH3 is 1. The molecule has 0 atom stereocenters. The smallest absolute Gasteiger partial charge is 0.387 e. The Morgan fingerprint density at radius 1 is 1.25 bits per heavy atom. The van der Waals surface area contributed by atoms with E-state index in [-0.39, 0.29) is 22.8 Å². The van der Waals surface area contributed by atoms with Gasteiger partial charge in [0.1, 0.15) is 5.75 Å². The van der Waals surface area contributed by atoms with E-state index >= 15 is 0 Å². The van der Waals surface area contributed by atoms with Crippen molar-refractivity contribution in [2.24, 2.45) is 5.10 Å². The molecule has 8 heteroatoms. The third-order valence-corrected chi connectivity index (χ3v) is 2.89. The topological polar surface area (TPSA) is 80.2 Å². The van der Waals surface area contributed by atoms with Crippen LogP contribution < -0.4 is 14.9 Å².